The van der Waals surface area contributed by atoms with E-state index in [-0.39, 0.29) is 11.0 Å². The summed E-state index contributed by atoms with van der Waals surface area (Å²) in [5.41, 5.74) is 0.713. The second-order valence-electron chi connectivity index (χ2n) is 1.19. The van der Waals surface area contributed by atoms with Crippen LogP contribution >= 0.6 is 0 Å². The molecule has 0 N–H and O–H groups in total. The third-order valence-electron chi connectivity index (χ3n) is 0.218. The Labute approximate surface area is 42.1 Å². The van der Waals surface area contributed by atoms with Gasteiger partial charge in [0, 0.05) is 0 Å². The van der Waals surface area contributed by atoms with Crippen molar-refractivity contribution in [1.29, 1.82) is 0 Å². The molecule has 0 aliphatic heterocycles. The molecule has 0 nitrogen and oxygen atoms in total. The van der Waals surface area contributed by atoms with Crippen molar-refractivity contribution in [3.63, 3.8) is 0 Å². The summed E-state index contributed by atoms with van der Waals surface area (Å²) in [4.78, 5) is 0. The van der Waals surface area contributed by atoms with E-state index in [1.54, 1.807) is 13.8 Å². The van der Waals surface area contributed by atoms with Gasteiger partial charge in [-0.25, -0.2) is 4.39 Å². The van der Waals surface area contributed by atoms with E-state index < -0.39 is 0 Å². The largest absolute Gasteiger partial charge is 0.216 e. The summed E-state index contributed by atoms with van der Waals surface area (Å²) in [5, 5.41) is 0. The molecule has 2 heteroatoms. The SMILES string of the molecule is CC(C)=CF.[SiH4]. The fourth-order valence-electron chi connectivity index (χ4n) is 0. The molecule has 0 aromatic rings. The van der Waals surface area contributed by atoms with Gasteiger partial charge in [-0.15, -0.1) is 0 Å². The van der Waals surface area contributed by atoms with Crippen LogP contribution in [0.4, 0.5) is 4.39 Å². The molecule has 0 amide bonds. The van der Waals surface area contributed by atoms with Crippen LogP contribution in [0.1, 0.15) is 13.8 Å². The van der Waals surface area contributed by atoms with Gasteiger partial charge < -0.3 is 0 Å². The fourth-order valence-corrected chi connectivity index (χ4v) is 0. The van der Waals surface area contributed by atoms with E-state index in [9.17, 15) is 4.39 Å². The van der Waals surface area contributed by atoms with Gasteiger partial charge in [-0.2, -0.15) is 0 Å². The van der Waals surface area contributed by atoms with E-state index in [0.29, 0.717) is 11.9 Å². The Morgan fingerprint density at radius 3 is 1.67 bits per heavy atom. The zero-order chi connectivity index (χ0) is 4.28. The quantitative estimate of drug-likeness (QED) is 0.393. The third kappa shape index (κ3) is 9.10. The van der Waals surface area contributed by atoms with Crippen molar-refractivity contribution in [2.75, 3.05) is 0 Å². The van der Waals surface area contributed by atoms with Crippen molar-refractivity contribution in [2.45, 2.75) is 13.8 Å². The van der Waals surface area contributed by atoms with Gasteiger partial charge in [0.1, 0.15) is 0 Å². The van der Waals surface area contributed by atoms with Crippen LogP contribution in [-0.4, -0.2) is 11.0 Å². The maximum absolute atomic E-state index is 11.0. The van der Waals surface area contributed by atoms with Crippen molar-refractivity contribution < 1.29 is 4.39 Å². The molecule has 0 atom stereocenters. The zero-order valence-corrected chi connectivity index (χ0v) is 3.46. The number of allylic oxidation sites excluding steroid dienone is 1. The Morgan fingerprint density at radius 1 is 1.50 bits per heavy atom. The molecule has 0 spiro atoms. The van der Waals surface area contributed by atoms with Crippen LogP contribution in [0.25, 0.3) is 0 Å². The Morgan fingerprint density at radius 2 is 1.67 bits per heavy atom. The Bertz CT molecular complexity index is 45.5. The minimum absolute atomic E-state index is 0. The molecule has 0 fully saturated rings. The van der Waals surface area contributed by atoms with Crippen LogP contribution in [-0.2, 0) is 0 Å². The predicted molar refractivity (Wildman–Crippen MR) is 31.9 cm³/mol. The zero-order valence-electron chi connectivity index (χ0n) is 3.46. The highest BCUT2D eigenvalue weighted by Crippen LogP contribution is 1.84. The third-order valence-corrected chi connectivity index (χ3v) is 0.218. The highest BCUT2D eigenvalue weighted by Gasteiger charge is 1.64. The molecular weight excluding hydrogens is 95.1 g/mol. The fraction of sp³-hybridized carbons (Fsp3) is 0.500. The molecule has 6 heavy (non-hydrogen) atoms. The van der Waals surface area contributed by atoms with Crippen molar-refractivity contribution in [2.24, 2.45) is 0 Å². The first-order valence-corrected chi connectivity index (χ1v) is 1.51. The Hall–Kier alpha value is -0.113. The average Bonchev–Trinajstić information content (AvgIpc) is 1.38. The summed E-state index contributed by atoms with van der Waals surface area (Å²) < 4.78 is 11.0. The number of rotatable bonds is 0. The van der Waals surface area contributed by atoms with E-state index in [1.165, 1.54) is 0 Å². The lowest BCUT2D eigenvalue weighted by atomic mass is 10.4. The molecule has 0 aliphatic rings. The Kier molecular flexibility index (Phi) is 7.58. The monoisotopic (exact) mass is 106 g/mol. The summed E-state index contributed by atoms with van der Waals surface area (Å²) in [5.74, 6) is 0. The predicted octanol–water partition coefficient (Wildman–Crippen LogP) is 0.428. The second-order valence-corrected chi connectivity index (χ2v) is 1.19. The summed E-state index contributed by atoms with van der Waals surface area (Å²) in [6.45, 7) is 3.42. The molecular formula is C4H11FSi. The van der Waals surface area contributed by atoms with Gasteiger partial charge in [0.25, 0.3) is 0 Å². The second kappa shape index (κ2) is 4.89. The maximum Gasteiger partial charge on any atom is 0.0853 e. The molecule has 0 radical (unpaired) electrons. The van der Waals surface area contributed by atoms with Gasteiger partial charge in [0.05, 0.1) is 6.33 Å². The van der Waals surface area contributed by atoms with Crippen LogP contribution in [0.5, 0.6) is 0 Å². The summed E-state index contributed by atoms with van der Waals surface area (Å²) in [6, 6.07) is 0. The molecule has 0 aliphatic carbocycles. The molecule has 38 valence electrons. The van der Waals surface area contributed by atoms with Gasteiger partial charge in [-0.1, -0.05) is 0 Å². The summed E-state index contributed by atoms with van der Waals surface area (Å²) >= 11 is 0. The molecule has 0 rings (SSSR count). The molecule has 0 saturated carbocycles. The first kappa shape index (κ1) is 9.31. The molecule has 0 unspecified atom stereocenters. The molecule has 0 aromatic carbocycles. The van der Waals surface area contributed by atoms with E-state index >= 15 is 0 Å². The number of hydrogen-bond donors (Lipinski definition) is 0. The van der Waals surface area contributed by atoms with Crippen molar-refractivity contribution in [3.05, 3.63) is 11.9 Å². The van der Waals surface area contributed by atoms with Crippen LogP contribution in [0, 0.1) is 0 Å². The van der Waals surface area contributed by atoms with Crippen LogP contribution < -0.4 is 0 Å². The summed E-state index contributed by atoms with van der Waals surface area (Å²) in [7, 11) is 0. The van der Waals surface area contributed by atoms with E-state index in [2.05, 4.69) is 0 Å². The minimum Gasteiger partial charge on any atom is -0.216 e. The smallest absolute Gasteiger partial charge is 0.0853 e. The molecule has 0 aromatic heterocycles. The van der Waals surface area contributed by atoms with E-state index in [4.69, 9.17) is 0 Å². The minimum atomic E-state index is 0. The standard InChI is InChI=1S/C4H7F.H4Si/c1-4(2)3-5;/h3H,1-2H3;1H4. The molecule has 0 heterocycles. The van der Waals surface area contributed by atoms with Crippen molar-refractivity contribution >= 4 is 11.0 Å². The van der Waals surface area contributed by atoms with E-state index in [1.807, 2.05) is 0 Å². The van der Waals surface area contributed by atoms with E-state index in [0.717, 1.165) is 0 Å². The average molecular weight is 106 g/mol. The molecule has 0 saturated heterocycles. The van der Waals surface area contributed by atoms with Crippen molar-refractivity contribution in [1.82, 2.24) is 0 Å². The maximum atomic E-state index is 11.0. The number of hydrogen-bond acceptors (Lipinski definition) is 0. The highest BCUT2D eigenvalue weighted by molar-refractivity contribution is 5.75. The number of halogens is 1. The first-order valence-electron chi connectivity index (χ1n) is 1.51. The summed E-state index contributed by atoms with van der Waals surface area (Å²) in [6.07, 6.45) is 0.583. The van der Waals surface area contributed by atoms with Gasteiger partial charge in [-0.05, 0) is 30.4 Å². The molecule has 0 bridgehead atoms. The van der Waals surface area contributed by atoms with Crippen LogP contribution in [0.2, 0.25) is 0 Å². The topological polar surface area (TPSA) is 0 Å². The van der Waals surface area contributed by atoms with Gasteiger partial charge >= 0.3 is 0 Å². The van der Waals surface area contributed by atoms with Crippen molar-refractivity contribution in [3.8, 4) is 0 Å². The Balaban J connectivity index is 0. The van der Waals surface area contributed by atoms with Gasteiger partial charge in [0.2, 0.25) is 0 Å². The first-order chi connectivity index (χ1) is 2.27. The van der Waals surface area contributed by atoms with Gasteiger partial charge in [-0.3, -0.25) is 0 Å². The van der Waals surface area contributed by atoms with Gasteiger partial charge in [0.15, 0.2) is 0 Å². The lowest BCUT2D eigenvalue weighted by Crippen LogP contribution is -1.50. The lowest BCUT2D eigenvalue weighted by Gasteiger charge is -1.70. The lowest BCUT2D eigenvalue weighted by molar-refractivity contribution is 0.709. The van der Waals surface area contributed by atoms with Crippen LogP contribution in [0.3, 0.4) is 0 Å². The normalized spacial score (nSPS) is 5.83. The highest BCUT2D eigenvalue weighted by atomic mass is 28.1. The van der Waals surface area contributed by atoms with Crippen LogP contribution in [0.15, 0.2) is 11.9 Å².